The maximum atomic E-state index is 13.3. The Hall–Kier alpha value is -1.85. The highest BCUT2D eigenvalue weighted by Crippen LogP contribution is 2.52. The van der Waals surface area contributed by atoms with Crippen molar-refractivity contribution in [3.63, 3.8) is 0 Å². The Morgan fingerprint density at radius 1 is 1.22 bits per heavy atom. The Kier molecular flexibility index (Phi) is 4.25. The minimum Gasteiger partial charge on any atom is -0.448 e. The first-order chi connectivity index (χ1) is 13.2. The fourth-order valence-electron chi connectivity index (χ4n) is 4.99. The zero-order chi connectivity index (χ0) is 18.4. The molecule has 3 heterocycles. The van der Waals surface area contributed by atoms with Crippen molar-refractivity contribution in [3.05, 3.63) is 46.6 Å². The first kappa shape index (κ1) is 17.3. The summed E-state index contributed by atoms with van der Waals surface area (Å²) in [5.41, 5.74) is 2.50. The molecule has 1 amide bonds. The van der Waals surface area contributed by atoms with Gasteiger partial charge in [-0.2, -0.15) is 0 Å². The third-order valence-electron chi connectivity index (χ3n) is 6.41. The fraction of sp³-hybridized carbons (Fsp3) is 0.524. The standard InChI is InChI=1S/C21H23ClN2O3/c22-16-5-3-4-15-18(16)24(13-21(15)8-1-2-9-21)20(25)17-12-27-19(23-17)14-6-10-26-11-7-14/h3-5,12,14H,1-2,6-11,13H2. The van der Waals surface area contributed by atoms with E-state index in [9.17, 15) is 4.79 Å². The molecule has 0 atom stereocenters. The lowest BCUT2D eigenvalue weighted by atomic mass is 9.81. The molecule has 1 spiro atoms. The summed E-state index contributed by atoms with van der Waals surface area (Å²) in [5.74, 6) is 0.766. The maximum absolute atomic E-state index is 13.3. The second-order valence-corrected chi connectivity index (χ2v) is 8.38. The molecule has 5 nitrogen and oxygen atoms in total. The molecule has 1 saturated carbocycles. The predicted octanol–water partition coefficient (Wildman–Crippen LogP) is 4.69. The molecule has 5 rings (SSSR count). The van der Waals surface area contributed by atoms with Crippen LogP contribution in [0.1, 0.15) is 66.4 Å². The van der Waals surface area contributed by atoms with E-state index in [1.54, 1.807) is 0 Å². The van der Waals surface area contributed by atoms with Gasteiger partial charge in [-0.05, 0) is 37.3 Å². The summed E-state index contributed by atoms with van der Waals surface area (Å²) in [7, 11) is 0. The second-order valence-electron chi connectivity index (χ2n) is 7.97. The SMILES string of the molecule is O=C(c1coc(C2CCOCC2)n1)N1CC2(CCCC2)c2cccc(Cl)c21. The number of hydrogen-bond acceptors (Lipinski definition) is 4. The largest absolute Gasteiger partial charge is 0.448 e. The monoisotopic (exact) mass is 386 g/mol. The van der Waals surface area contributed by atoms with Crippen LogP contribution in [-0.2, 0) is 10.2 Å². The number of carbonyl (C=O) groups is 1. The molecule has 1 aliphatic carbocycles. The van der Waals surface area contributed by atoms with E-state index in [2.05, 4.69) is 11.1 Å². The van der Waals surface area contributed by atoms with Crippen molar-refractivity contribution >= 4 is 23.2 Å². The number of oxazole rings is 1. The van der Waals surface area contributed by atoms with Gasteiger partial charge in [0.2, 0.25) is 0 Å². The summed E-state index contributed by atoms with van der Waals surface area (Å²) >= 11 is 6.53. The molecule has 2 fully saturated rings. The number of anilines is 1. The van der Waals surface area contributed by atoms with E-state index in [1.165, 1.54) is 24.7 Å². The van der Waals surface area contributed by atoms with E-state index < -0.39 is 0 Å². The van der Waals surface area contributed by atoms with Gasteiger partial charge in [0.15, 0.2) is 11.6 Å². The second kappa shape index (κ2) is 6.64. The molecule has 6 heteroatoms. The van der Waals surface area contributed by atoms with E-state index in [-0.39, 0.29) is 17.2 Å². The molecule has 0 unspecified atom stereocenters. The molecule has 2 aromatic rings. The van der Waals surface area contributed by atoms with Crippen LogP contribution in [0.2, 0.25) is 5.02 Å². The zero-order valence-corrected chi connectivity index (χ0v) is 16.0. The minimum atomic E-state index is -0.116. The average molecular weight is 387 g/mol. The van der Waals surface area contributed by atoms with Gasteiger partial charge in [0.1, 0.15) is 6.26 Å². The lowest BCUT2D eigenvalue weighted by Crippen LogP contribution is -2.35. The number of carbonyl (C=O) groups excluding carboxylic acids is 1. The Morgan fingerprint density at radius 3 is 2.78 bits per heavy atom. The molecule has 2 aliphatic heterocycles. The summed E-state index contributed by atoms with van der Waals surface area (Å²) < 4.78 is 11.1. The van der Waals surface area contributed by atoms with E-state index in [4.69, 9.17) is 20.8 Å². The number of hydrogen-bond donors (Lipinski definition) is 0. The van der Waals surface area contributed by atoms with Crippen molar-refractivity contribution in [2.75, 3.05) is 24.7 Å². The van der Waals surface area contributed by atoms with Crippen LogP contribution in [-0.4, -0.2) is 30.6 Å². The molecule has 142 valence electrons. The lowest BCUT2D eigenvalue weighted by molar-refractivity contribution is 0.0794. The highest BCUT2D eigenvalue weighted by Gasteiger charge is 2.47. The number of aromatic nitrogens is 1. The van der Waals surface area contributed by atoms with Crippen LogP contribution in [0.25, 0.3) is 0 Å². The van der Waals surface area contributed by atoms with E-state index in [0.717, 1.165) is 31.4 Å². The predicted molar refractivity (Wildman–Crippen MR) is 103 cm³/mol. The average Bonchev–Trinajstić information content (AvgIpc) is 3.43. The van der Waals surface area contributed by atoms with Gasteiger partial charge < -0.3 is 14.1 Å². The molecule has 0 N–H and O–H groups in total. The molecular formula is C21H23ClN2O3. The van der Waals surface area contributed by atoms with Crippen molar-refractivity contribution in [2.45, 2.75) is 49.9 Å². The van der Waals surface area contributed by atoms with Crippen LogP contribution < -0.4 is 4.90 Å². The van der Waals surface area contributed by atoms with Gasteiger partial charge in [-0.1, -0.05) is 36.6 Å². The molecule has 1 saturated heterocycles. The Balaban J connectivity index is 1.47. The quantitative estimate of drug-likeness (QED) is 0.751. The van der Waals surface area contributed by atoms with Crippen molar-refractivity contribution in [2.24, 2.45) is 0 Å². The smallest absolute Gasteiger partial charge is 0.280 e. The molecule has 0 bridgehead atoms. The molecule has 1 aromatic heterocycles. The van der Waals surface area contributed by atoms with Crippen LogP contribution in [0.5, 0.6) is 0 Å². The number of halogens is 1. The molecular weight excluding hydrogens is 364 g/mol. The van der Waals surface area contributed by atoms with Gasteiger partial charge in [-0.3, -0.25) is 4.79 Å². The van der Waals surface area contributed by atoms with Crippen LogP contribution in [0.15, 0.2) is 28.9 Å². The fourth-order valence-corrected chi connectivity index (χ4v) is 5.27. The van der Waals surface area contributed by atoms with E-state index >= 15 is 0 Å². The van der Waals surface area contributed by atoms with Crippen LogP contribution >= 0.6 is 11.6 Å². The van der Waals surface area contributed by atoms with Gasteiger partial charge in [0.25, 0.3) is 5.91 Å². The van der Waals surface area contributed by atoms with Crippen LogP contribution in [0.4, 0.5) is 5.69 Å². The molecule has 3 aliphatic rings. The van der Waals surface area contributed by atoms with E-state index in [0.29, 0.717) is 36.4 Å². The van der Waals surface area contributed by atoms with Gasteiger partial charge in [0.05, 0.1) is 10.7 Å². The number of amides is 1. The highest BCUT2D eigenvalue weighted by molar-refractivity contribution is 6.34. The van der Waals surface area contributed by atoms with Crippen LogP contribution in [0.3, 0.4) is 0 Å². The summed E-state index contributed by atoms with van der Waals surface area (Å²) in [5, 5.41) is 0.637. The Morgan fingerprint density at radius 2 is 2.00 bits per heavy atom. The van der Waals surface area contributed by atoms with Crippen molar-refractivity contribution < 1.29 is 13.9 Å². The topological polar surface area (TPSA) is 55.6 Å². The number of fused-ring (bicyclic) bond motifs is 2. The molecule has 1 aromatic carbocycles. The maximum Gasteiger partial charge on any atom is 0.280 e. The number of rotatable bonds is 2. The number of ether oxygens (including phenoxy) is 1. The van der Waals surface area contributed by atoms with Crippen molar-refractivity contribution in [1.29, 1.82) is 0 Å². The minimum absolute atomic E-state index is 0.0448. The number of benzene rings is 1. The molecule has 0 radical (unpaired) electrons. The van der Waals surface area contributed by atoms with Gasteiger partial charge >= 0.3 is 0 Å². The van der Waals surface area contributed by atoms with Gasteiger partial charge in [0, 0.05) is 31.1 Å². The van der Waals surface area contributed by atoms with E-state index in [1.807, 2.05) is 17.0 Å². The number of para-hydroxylation sites is 1. The first-order valence-corrected chi connectivity index (χ1v) is 10.2. The van der Waals surface area contributed by atoms with Crippen molar-refractivity contribution in [1.82, 2.24) is 4.98 Å². The highest BCUT2D eigenvalue weighted by atomic mass is 35.5. The lowest BCUT2D eigenvalue weighted by Gasteiger charge is -2.24. The first-order valence-electron chi connectivity index (χ1n) is 9.82. The van der Waals surface area contributed by atoms with Gasteiger partial charge in [-0.25, -0.2) is 4.98 Å². The Labute approximate surface area is 163 Å². The van der Waals surface area contributed by atoms with Crippen LogP contribution in [0, 0.1) is 0 Å². The summed E-state index contributed by atoms with van der Waals surface area (Å²) in [6, 6.07) is 6.00. The normalized spacial score (nSPS) is 21.7. The zero-order valence-electron chi connectivity index (χ0n) is 15.2. The molecule has 27 heavy (non-hydrogen) atoms. The van der Waals surface area contributed by atoms with Gasteiger partial charge in [-0.15, -0.1) is 0 Å². The summed E-state index contributed by atoms with van der Waals surface area (Å²) in [6.07, 6.45) is 7.89. The summed E-state index contributed by atoms with van der Waals surface area (Å²) in [4.78, 5) is 19.7. The summed E-state index contributed by atoms with van der Waals surface area (Å²) in [6.45, 7) is 2.12. The third kappa shape index (κ3) is 2.79. The van der Waals surface area contributed by atoms with Crippen molar-refractivity contribution in [3.8, 4) is 0 Å². The Bertz CT molecular complexity index is 866. The third-order valence-corrected chi connectivity index (χ3v) is 6.71. The number of nitrogens with zero attached hydrogens (tertiary/aromatic N) is 2.